The minimum atomic E-state index is -1.10. The van der Waals surface area contributed by atoms with Crippen LogP contribution in [0.4, 0.5) is 15.9 Å². The van der Waals surface area contributed by atoms with E-state index in [2.05, 4.69) is 42.2 Å². The summed E-state index contributed by atoms with van der Waals surface area (Å²) in [5.74, 6) is -0.204. The second-order valence-electron chi connectivity index (χ2n) is 7.08. The maximum atomic E-state index is 13.3. The van der Waals surface area contributed by atoms with Crippen molar-refractivity contribution in [2.75, 3.05) is 30.3 Å². The molecule has 0 saturated carbocycles. The molecule has 2 aromatic carbocycles. The maximum Gasteiger partial charge on any atom is 0.492 e. The zero-order chi connectivity index (χ0) is 22.5. The molecule has 0 bridgehead atoms. The third-order valence-corrected chi connectivity index (χ3v) is 5.58. The number of benzene rings is 2. The first-order chi connectivity index (χ1) is 15.5. The number of fused-ring (bicyclic) bond motifs is 1. The number of hydrogen-bond acceptors (Lipinski definition) is 8. The summed E-state index contributed by atoms with van der Waals surface area (Å²) in [5.41, 5.74) is 3.07. The van der Waals surface area contributed by atoms with E-state index in [1.807, 2.05) is 6.07 Å². The van der Waals surface area contributed by atoms with Gasteiger partial charge in [0.15, 0.2) is 5.82 Å². The fourth-order valence-electron chi connectivity index (χ4n) is 3.39. The molecule has 0 saturated heterocycles. The summed E-state index contributed by atoms with van der Waals surface area (Å²) in [5, 5.41) is 26.8. The molecule has 4 rings (SSSR count). The van der Waals surface area contributed by atoms with Gasteiger partial charge >= 0.3 is 7.12 Å². The number of nitrogens with zero attached hydrogens (tertiary/aromatic N) is 2. The zero-order valence-electron chi connectivity index (χ0n) is 16.9. The molecule has 9 nitrogen and oxygen atoms in total. The van der Waals surface area contributed by atoms with Gasteiger partial charge in [-0.15, -0.1) is 0 Å². The predicted molar refractivity (Wildman–Crippen MR) is 120 cm³/mol. The van der Waals surface area contributed by atoms with Gasteiger partial charge in [-0.2, -0.15) is 0 Å². The van der Waals surface area contributed by atoms with Gasteiger partial charge in [-0.25, -0.2) is 9.02 Å². The van der Waals surface area contributed by atoms with Crippen LogP contribution in [0.1, 0.15) is 21.6 Å². The Kier molecular flexibility index (Phi) is 7.03. The van der Waals surface area contributed by atoms with Crippen LogP contribution in [0.25, 0.3) is 0 Å². The van der Waals surface area contributed by atoms with Crippen LogP contribution in [0.3, 0.4) is 0 Å². The second kappa shape index (κ2) is 10.1. The number of amides is 1. The Labute approximate surface area is 192 Å². The van der Waals surface area contributed by atoms with E-state index < -0.39 is 7.12 Å². The molecular formula is C20H20BBrFN5O4. The van der Waals surface area contributed by atoms with E-state index in [1.165, 1.54) is 6.07 Å². The third-order valence-electron chi connectivity index (χ3n) is 4.97. The molecule has 0 spiro atoms. The van der Waals surface area contributed by atoms with Gasteiger partial charge in [-0.3, -0.25) is 4.79 Å². The van der Waals surface area contributed by atoms with Gasteiger partial charge in [-0.1, -0.05) is 17.3 Å². The number of halogens is 2. The van der Waals surface area contributed by atoms with Gasteiger partial charge in [0.2, 0.25) is 0 Å². The van der Waals surface area contributed by atoms with Crippen molar-refractivity contribution in [2.45, 2.75) is 13.0 Å². The van der Waals surface area contributed by atoms with E-state index in [4.69, 9.17) is 9.28 Å². The van der Waals surface area contributed by atoms with Crippen molar-refractivity contribution >= 4 is 45.9 Å². The van der Waals surface area contributed by atoms with Crippen molar-refractivity contribution in [1.29, 1.82) is 0 Å². The number of nitrogens with one attached hydrogen (secondary N) is 3. The highest BCUT2D eigenvalue weighted by atomic mass is 79.9. The third kappa shape index (κ3) is 5.09. The van der Waals surface area contributed by atoms with E-state index >= 15 is 0 Å². The van der Waals surface area contributed by atoms with Crippen molar-refractivity contribution in [3.05, 3.63) is 63.5 Å². The predicted octanol–water partition coefficient (Wildman–Crippen LogP) is 1.69. The highest BCUT2D eigenvalue weighted by Crippen LogP contribution is 2.21. The van der Waals surface area contributed by atoms with Crippen LogP contribution in [0.2, 0.25) is 0 Å². The van der Waals surface area contributed by atoms with Crippen molar-refractivity contribution in [3.8, 4) is 0 Å². The standard InChI is InChI=1S/C20H20BBrFN5O4/c22-15-10-13(4-5-16(15)23)26-11-17-19(28-32-27-17)24-7-8-25-20(29)14-3-1-2-12-6-9-31-21(30)18(12)14/h1-5,10,26,30H,6-9,11H2,(H,24,28)(H,25,29). The minimum Gasteiger partial charge on any atom is -0.423 e. The summed E-state index contributed by atoms with van der Waals surface area (Å²) >= 11 is 3.14. The first kappa shape index (κ1) is 22.2. The number of anilines is 2. The minimum absolute atomic E-state index is 0.296. The Bertz CT molecular complexity index is 1120. The molecule has 12 heteroatoms. The van der Waals surface area contributed by atoms with E-state index in [1.54, 1.807) is 24.3 Å². The summed E-state index contributed by atoms with van der Waals surface area (Å²) < 4.78 is 23.8. The van der Waals surface area contributed by atoms with Crippen molar-refractivity contribution < 1.29 is 23.5 Å². The lowest BCUT2D eigenvalue weighted by molar-refractivity contribution is 0.0955. The summed E-state index contributed by atoms with van der Waals surface area (Å²) in [6.45, 7) is 1.42. The number of hydrogen-bond donors (Lipinski definition) is 4. The molecule has 166 valence electrons. The Morgan fingerprint density at radius 3 is 2.94 bits per heavy atom. The molecule has 0 unspecified atom stereocenters. The van der Waals surface area contributed by atoms with E-state index in [0.29, 0.717) is 65.4 Å². The Morgan fingerprint density at radius 2 is 2.09 bits per heavy atom. The van der Waals surface area contributed by atoms with Gasteiger partial charge in [0.1, 0.15) is 11.5 Å². The highest BCUT2D eigenvalue weighted by molar-refractivity contribution is 9.10. The molecule has 0 fully saturated rings. The largest absolute Gasteiger partial charge is 0.492 e. The highest BCUT2D eigenvalue weighted by Gasteiger charge is 2.29. The van der Waals surface area contributed by atoms with Crippen molar-refractivity contribution in [2.24, 2.45) is 0 Å². The quantitative estimate of drug-likeness (QED) is 0.270. The van der Waals surface area contributed by atoms with Crippen molar-refractivity contribution in [1.82, 2.24) is 15.6 Å². The Hall–Kier alpha value is -2.96. The van der Waals surface area contributed by atoms with Crippen LogP contribution in [-0.2, 0) is 17.6 Å². The maximum absolute atomic E-state index is 13.3. The fourth-order valence-corrected chi connectivity index (χ4v) is 3.76. The molecule has 3 aromatic rings. The normalized spacial score (nSPS) is 12.9. The Balaban J connectivity index is 1.28. The molecule has 0 radical (unpaired) electrons. The summed E-state index contributed by atoms with van der Waals surface area (Å²) in [6, 6.07) is 9.93. The van der Waals surface area contributed by atoms with Gasteiger partial charge in [0.05, 0.1) is 11.0 Å². The number of aromatic nitrogens is 2. The molecule has 1 aliphatic rings. The van der Waals surface area contributed by atoms with Crippen LogP contribution in [-0.4, -0.2) is 48.1 Å². The Morgan fingerprint density at radius 1 is 1.22 bits per heavy atom. The summed E-state index contributed by atoms with van der Waals surface area (Å²) in [4.78, 5) is 12.6. The molecule has 0 atom stereocenters. The monoisotopic (exact) mass is 503 g/mol. The smallest absolute Gasteiger partial charge is 0.423 e. The SMILES string of the molecule is O=C(NCCNc1nonc1CNc1ccc(F)c(Br)c1)c1cccc2c1B(O)OCC2. The molecule has 2 heterocycles. The molecule has 4 N–H and O–H groups in total. The fraction of sp³-hybridized carbons (Fsp3) is 0.250. The molecule has 1 amide bonds. The van der Waals surface area contributed by atoms with E-state index in [9.17, 15) is 14.2 Å². The van der Waals surface area contributed by atoms with Crippen LogP contribution in [0.5, 0.6) is 0 Å². The van der Waals surface area contributed by atoms with Crippen LogP contribution >= 0.6 is 15.9 Å². The van der Waals surface area contributed by atoms with Gasteiger partial charge in [0.25, 0.3) is 5.91 Å². The van der Waals surface area contributed by atoms with Gasteiger partial charge < -0.3 is 25.6 Å². The van der Waals surface area contributed by atoms with Crippen LogP contribution < -0.4 is 21.4 Å². The molecule has 1 aliphatic heterocycles. The number of carbonyl (C=O) groups excluding carboxylic acids is 1. The first-order valence-electron chi connectivity index (χ1n) is 9.97. The van der Waals surface area contributed by atoms with Crippen LogP contribution in [0.15, 0.2) is 45.5 Å². The van der Waals surface area contributed by atoms with Gasteiger partial charge in [0, 0.05) is 30.9 Å². The molecule has 32 heavy (non-hydrogen) atoms. The number of carbonyl (C=O) groups is 1. The molecule has 1 aromatic heterocycles. The molecule has 0 aliphatic carbocycles. The van der Waals surface area contributed by atoms with E-state index in [0.717, 1.165) is 5.56 Å². The average Bonchev–Trinajstić information content (AvgIpc) is 3.24. The lowest BCUT2D eigenvalue weighted by Crippen LogP contribution is -2.46. The average molecular weight is 504 g/mol. The van der Waals surface area contributed by atoms with Crippen molar-refractivity contribution in [3.63, 3.8) is 0 Å². The first-order valence-corrected chi connectivity index (χ1v) is 10.8. The zero-order valence-corrected chi connectivity index (χ0v) is 18.5. The lowest BCUT2D eigenvalue weighted by atomic mass is 9.70. The lowest BCUT2D eigenvalue weighted by Gasteiger charge is -2.21. The molecular weight excluding hydrogens is 484 g/mol. The van der Waals surface area contributed by atoms with E-state index in [-0.39, 0.29) is 11.7 Å². The van der Waals surface area contributed by atoms with Crippen LogP contribution in [0, 0.1) is 5.82 Å². The number of rotatable bonds is 8. The summed E-state index contributed by atoms with van der Waals surface area (Å²) in [7, 11) is -1.10. The topological polar surface area (TPSA) is 122 Å². The second-order valence-corrected chi connectivity index (χ2v) is 7.93. The summed E-state index contributed by atoms with van der Waals surface area (Å²) in [6.07, 6.45) is 0.653. The van der Waals surface area contributed by atoms with Gasteiger partial charge in [-0.05, 0) is 62.8 Å².